The first-order valence-electron chi connectivity index (χ1n) is 9.35. The molecule has 0 saturated heterocycles. The predicted molar refractivity (Wildman–Crippen MR) is 121 cm³/mol. The second-order valence-corrected chi connectivity index (χ2v) is 8.69. The van der Waals surface area contributed by atoms with Gasteiger partial charge in [-0.1, -0.05) is 41.6 Å². The van der Waals surface area contributed by atoms with E-state index in [1.165, 1.54) is 23.1 Å². The second kappa shape index (κ2) is 10.8. The lowest BCUT2D eigenvalue weighted by Crippen LogP contribution is -2.24. The Labute approximate surface area is 184 Å². The molecule has 0 unspecified atom stereocenters. The van der Waals surface area contributed by atoms with E-state index in [2.05, 4.69) is 15.6 Å². The van der Waals surface area contributed by atoms with Gasteiger partial charge in [-0.05, 0) is 36.8 Å². The van der Waals surface area contributed by atoms with Crippen LogP contribution in [0.2, 0.25) is 0 Å². The van der Waals surface area contributed by atoms with Crippen molar-refractivity contribution in [3.05, 3.63) is 70.7 Å². The number of hydrogen-bond acceptors (Lipinski definition) is 6. The van der Waals surface area contributed by atoms with Crippen molar-refractivity contribution in [2.45, 2.75) is 24.2 Å². The normalized spacial score (nSPS) is 10.5. The van der Waals surface area contributed by atoms with Crippen molar-refractivity contribution in [1.29, 1.82) is 0 Å². The number of methoxy groups -OCH3 is 1. The molecule has 2 N–H and O–H groups in total. The minimum absolute atomic E-state index is 0.0853. The average molecular weight is 442 g/mol. The summed E-state index contributed by atoms with van der Waals surface area (Å²) in [6.07, 6.45) is 0.211. The second-order valence-electron chi connectivity index (χ2n) is 6.61. The Morgan fingerprint density at radius 1 is 1.07 bits per heavy atom. The van der Waals surface area contributed by atoms with Gasteiger partial charge < -0.3 is 15.4 Å². The minimum Gasteiger partial charge on any atom is -0.497 e. The molecule has 2 amide bonds. The molecule has 1 heterocycles. The molecule has 0 radical (unpaired) electrons. The van der Waals surface area contributed by atoms with Gasteiger partial charge in [-0.3, -0.25) is 9.59 Å². The summed E-state index contributed by atoms with van der Waals surface area (Å²) in [5.41, 5.74) is 3.62. The summed E-state index contributed by atoms with van der Waals surface area (Å²) in [7, 11) is 1.62. The van der Waals surface area contributed by atoms with E-state index in [1.807, 2.05) is 60.8 Å². The molecule has 0 aliphatic carbocycles. The first-order chi connectivity index (χ1) is 14.5. The first-order valence-corrected chi connectivity index (χ1v) is 11.2. The minimum atomic E-state index is -0.0928. The molecule has 1 aromatic heterocycles. The third-order valence-electron chi connectivity index (χ3n) is 4.18. The maximum Gasteiger partial charge on any atom is 0.234 e. The van der Waals surface area contributed by atoms with Crippen LogP contribution in [-0.2, 0) is 22.6 Å². The number of ether oxygens (including phenoxy) is 1. The number of rotatable bonds is 9. The molecule has 0 aliphatic heterocycles. The van der Waals surface area contributed by atoms with Gasteiger partial charge in [0.25, 0.3) is 0 Å². The Hall–Kier alpha value is -2.84. The zero-order chi connectivity index (χ0) is 21.3. The Balaban J connectivity index is 1.40. The fourth-order valence-electron chi connectivity index (χ4n) is 2.57. The average Bonchev–Trinajstić information content (AvgIpc) is 3.20. The Morgan fingerprint density at radius 3 is 2.50 bits per heavy atom. The van der Waals surface area contributed by atoms with Gasteiger partial charge in [-0.2, -0.15) is 0 Å². The number of benzene rings is 2. The molecule has 156 valence electrons. The van der Waals surface area contributed by atoms with Crippen LogP contribution in [0.4, 0.5) is 5.69 Å². The fraction of sp³-hybridized carbons (Fsp3) is 0.227. The molecule has 30 heavy (non-hydrogen) atoms. The highest BCUT2D eigenvalue weighted by atomic mass is 32.2. The lowest BCUT2D eigenvalue weighted by Gasteiger charge is -2.05. The summed E-state index contributed by atoms with van der Waals surface area (Å²) >= 11 is 2.80. The number of carbonyl (C=O) groups is 2. The number of nitrogens with one attached hydrogen (secondary N) is 2. The number of thioether (sulfide) groups is 1. The van der Waals surface area contributed by atoms with Gasteiger partial charge in [0.1, 0.15) is 5.75 Å². The lowest BCUT2D eigenvalue weighted by atomic mass is 10.2. The number of anilines is 1. The maximum atomic E-state index is 12.2. The van der Waals surface area contributed by atoms with Crippen LogP contribution >= 0.6 is 23.1 Å². The summed E-state index contributed by atoms with van der Waals surface area (Å²) in [5, 5.41) is 7.61. The highest BCUT2D eigenvalue weighted by Gasteiger charge is 2.10. The van der Waals surface area contributed by atoms with E-state index < -0.39 is 0 Å². The summed E-state index contributed by atoms with van der Waals surface area (Å²) in [6, 6.07) is 15.2. The molecule has 0 fully saturated rings. The van der Waals surface area contributed by atoms with Crippen molar-refractivity contribution in [3.63, 3.8) is 0 Å². The fourth-order valence-corrected chi connectivity index (χ4v) is 4.21. The molecule has 2 aromatic carbocycles. The number of aromatic nitrogens is 1. The van der Waals surface area contributed by atoms with Gasteiger partial charge in [0.2, 0.25) is 11.8 Å². The van der Waals surface area contributed by atoms with Gasteiger partial charge in [0.05, 0.1) is 25.0 Å². The Kier molecular flexibility index (Phi) is 7.87. The first kappa shape index (κ1) is 21.9. The van der Waals surface area contributed by atoms with E-state index in [1.54, 1.807) is 7.11 Å². The number of aryl methyl sites for hydroxylation is 1. The summed E-state index contributed by atoms with van der Waals surface area (Å²) in [4.78, 5) is 28.7. The molecule has 0 saturated carbocycles. The third-order valence-corrected chi connectivity index (χ3v) is 6.25. The zero-order valence-electron chi connectivity index (χ0n) is 16.8. The van der Waals surface area contributed by atoms with Crippen LogP contribution in [0.3, 0.4) is 0 Å². The van der Waals surface area contributed by atoms with Crippen molar-refractivity contribution in [2.24, 2.45) is 0 Å². The lowest BCUT2D eigenvalue weighted by molar-refractivity contribution is -0.120. The highest BCUT2D eigenvalue weighted by Crippen LogP contribution is 2.23. The van der Waals surface area contributed by atoms with E-state index in [0.717, 1.165) is 26.9 Å². The van der Waals surface area contributed by atoms with E-state index in [-0.39, 0.29) is 24.0 Å². The van der Waals surface area contributed by atoms with Crippen LogP contribution in [-0.4, -0.2) is 29.7 Å². The van der Waals surface area contributed by atoms with Crippen molar-refractivity contribution in [3.8, 4) is 5.75 Å². The third kappa shape index (κ3) is 6.89. The quantitative estimate of drug-likeness (QED) is 0.490. The Morgan fingerprint density at radius 2 is 1.80 bits per heavy atom. The van der Waals surface area contributed by atoms with Gasteiger partial charge >= 0.3 is 0 Å². The summed E-state index contributed by atoms with van der Waals surface area (Å²) in [5.74, 6) is 0.873. The monoisotopic (exact) mass is 441 g/mol. The van der Waals surface area contributed by atoms with Crippen molar-refractivity contribution in [1.82, 2.24) is 10.3 Å². The smallest absolute Gasteiger partial charge is 0.234 e. The predicted octanol–water partition coefficient (Wildman–Crippen LogP) is 4.05. The topological polar surface area (TPSA) is 80.3 Å². The van der Waals surface area contributed by atoms with Crippen molar-refractivity contribution in [2.75, 3.05) is 18.2 Å². The van der Waals surface area contributed by atoms with Crippen LogP contribution in [0, 0.1) is 6.92 Å². The van der Waals surface area contributed by atoms with Gasteiger partial charge in [0.15, 0.2) is 4.34 Å². The molecule has 3 rings (SSSR count). The van der Waals surface area contributed by atoms with E-state index in [4.69, 9.17) is 4.74 Å². The van der Waals surface area contributed by atoms with Crippen LogP contribution < -0.4 is 15.4 Å². The number of thiazole rings is 1. The molecular weight excluding hydrogens is 418 g/mol. The number of amides is 2. The van der Waals surface area contributed by atoms with Crippen LogP contribution in [0.15, 0.2) is 58.3 Å². The number of nitrogens with zero attached hydrogens (tertiary/aromatic N) is 1. The molecule has 0 bridgehead atoms. The summed E-state index contributed by atoms with van der Waals surface area (Å²) < 4.78 is 5.89. The van der Waals surface area contributed by atoms with Crippen LogP contribution in [0.25, 0.3) is 0 Å². The molecule has 8 heteroatoms. The molecule has 3 aromatic rings. The number of carbonyl (C=O) groups excluding carboxylic acids is 2. The van der Waals surface area contributed by atoms with Crippen molar-refractivity contribution >= 4 is 40.6 Å². The standard InChI is InChI=1S/C22H23N3O3S2/c1-15-3-7-17(8-4-15)24-21(27)14-30-22-25-18(13-29-22)11-20(26)23-12-16-5-9-19(28-2)10-6-16/h3-10,13H,11-12,14H2,1-2H3,(H,23,26)(H,24,27). The largest absolute Gasteiger partial charge is 0.497 e. The number of hydrogen-bond donors (Lipinski definition) is 2. The van der Waals surface area contributed by atoms with Gasteiger partial charge in [-0.15, -0.1) is 11.3 Å². The molecular formula is C22H23N3O3S2. The Bertz CT molecular complexity index is 986. The van der Waals surface area contributed by atoms with E-state index >= 15 is 0 Å². The van der Waals surface area contributed by atoms with Crippen LogP contribution in [0.5, 0.6) is 5.75 Å². The molecule has 6 nitrogen and oxygen atoms in total. The van der Waals surface area contributed by atoms with E-state index in [0.29, 0.717) is 12.2 Å². The van der Waals surface area contributed by atoms with Gasteiger partial charge in [0, 0.05) is 17.6 Å². The van der Waals surface area contributed by atoms with E-state index in [9.17, 15) is 9.59 Å². The van der Waals surface area contributed by atoms with Crippen molar-refractivity contribution < 1.29 is 14.3 Å². The zero-order valence-corrected chi connectivity index (χ0v) is 18.4. The van der Waals surface area contributed by atoms with Gasteiger partial charge in [-0.25, -0.2) is 4.98 Å². The van der Waals surface area contributed by atoms with Crippen LogP contribution in [0.1, 0.15) is 16.8 Å². The maximum absolute atomic E-state index is 12.2. The molecule has 0 spiro atoms. The highest BCUT2D eigenvalue weighted by molar-refractivity contribution is 8.01. The molecule has 0 aliphatic rings. The SMILES string of the molecule is COc1ccc(CNC(=O)Cc2csc(SCC(=O)Nc3ccc(C)cc3)n2)cc1. The summed E-state index contributed by atoms with van der Waals surface area (Å²) in [6.45, 7) is 2.45. The molecule has 0 atom stereocenters.